The molecule has 8 nitrogen and oxygen atoms in total. The summed E-state index contributed by atoms with van der Waals surface area (Å²) < 4.78 is 74.0. The Labute approximate surface area is 168 Å². The molecule has 3 heterocycles. The summed E-state index contributed by atoms with van der Waals surface area (Å²) in [6, 6.07) is 6.68. The predicted molar refractivity (Wildman–Crippen MR) is 90.6 cm³/mol. The number of nitrogens with one attached hydrogen (secondary N) is 1. The molecule has 0 aliphatic heterocycles. The molecule has 14 heteroatoms. The number of hydrogen-bond acceptors (Lipinski definition) is 6. The van der Waals surface area contributed by atoms with Crippen molar-refractivity contribution in [3.63, 3.8) is 0 Å². The van der Waals surface area contributed by atoms with Crippen LogP contribution in [0.5, 0.6) is 0 Å². The lowest BCUT2D eigenvalue weighted by Gasteiger charge is -2.06. The van der Waals surface area contributed by atoms with Gasteiger partial charge in [-0.1, -0.05) is 5.16 Å². The van der Waals surface area contributed by atoms with Gasteiger partial charge in [0.05, 0.1) is 5.56 Å². The maximum atomic E-state index is 12.4. The molecule has 0 aliphatic carbocycles. The molecule has 1 amide bonds. The molecule has 0 saturated heterocycles. The average Bonchev–Trinajstić information content (AvgIpc) is 3.16. The highest BCUT2D eigenvalue weighted by atomic mass is 19.4. The number of halogens is 6. The van der Waals surface area contributed by atoms with Gasteiger partial charge in [-0.05, 0) is 24.3 Å². The lowest BCUT2D eigenvalue weighted by Crippen LogP contribution is -2.21. The molecule has 0 aromatic carbocycles. The Kier molecular flexibility index (Phi) is 6.94. The van der Waals surface area contributed by atoms with E-state index >= 15 is 0 Å². The first-order valence-electron chi connectivity index (χ1n) is 7.89. The Hall–Kier alpha value is -3.97. The Morgan fingerprint density at radius 1 is 1.00 bits per heavy atom. The second kappa shape index (κ2) is 9.23. The zero-order valence-electron chi connectivity index (χ0n) is 14.9. The van der Waals surface area contributed by atoms with Gasteiger partial charge in [0.1, 0.15) is 11.4 Å². The van der Waals surface area contributed by atoms with Crippen LogP contribution in [0, 0.1) is 0 Å². The van der Waals surface area contributed by atoms with Gasteiger partial charge in [0.25, 0.3) is 5.91 Å². The van der Waals surface area contributed by atoms with Crippen LogP contribution in [-0.4, -0.2) is 38.3 Å². The monoisotopic (exact) mass is 448 g/mol. The highest BCUT2D eigenvalue weighted by molar-refractivity contribution is 6.03. The Morgan fingerprint density at radius 2 is 1.61 bits per heavy atom. The Balaban J connectivity index is 0.000000423. The number of pyridine rings is 2. The van der Waals surface area contributed by atoms with Gasteiger partial charge in [-0.2, -0.15) is 26.3 Å². The van der Waals surface area contributed by atoms with Gasteiger partial charge in [0.15, 0.2) is 0 Å². The van der Waals surface area contributed by atoms with Crippen LogP contribution in [0.2, 0.25) is 0 Å². The maximum Gasteiger partial charge on any atom is 0.490 e. The first-order chi connectivity index (χ1) is 14.4. The van der Waals surface area contributed by atoms with E-state index in [1.165, 1.54) is 6.07 Å². The van der Waals surface area contributed by atoms with Gasteiger partial charge in [-0.3, -0.25) is 20.1 Å². The molecule has 31 heavy (non-hydrogen) atoms. The standard InChI is InChI=1S/C15H9F3N4O2.C2HF3O2/c16-15(17,18)12-2-1-10(8-20-12)14(23)21-13-7-11(22-24-13)9-3-5-19-6-4-9;3-2(4,5)1(6)7/h1-8H,(H,21,23);(H,6,7). The second-order valence-corrected chi connectivity index (χ2v) is 5.50. The van der Waals surface area contributed by atoms with Crippen molar-refractivity contribution in [3.05, 3.63) is 60.2 Å². The van der Waals surface area contributed by atoms with Gasteiger partial charge in [-0.15, -0.1) is 0 Å². The first kappa shape index (κ1) is 23.3. The molecule has 0 bridgehead atoms. The largest absolute Gasteiger partial charge is 0.490 e. The third-order valence-electron chi connectivity index (χ3n) is 3.28. The number of carboxylic acids is 1. The van der Waals surface area contributed by atoms with Crippen LogP contribution in [0.1, 0.15) is 16.1 Å². The van der Waals surface area contributed by atoms with Gasteiger partial charge in [-0.25, -0.2) is 4.79 Å². The zero-order chi connectivity index (χ0) is 23.2. The number of carboxylic acid groups (broad SMARTS) is 1. The summed E-state index contributed by atoms with van der Waals surface area (Å²) in [7, 11) is 0. The summed E-state index contributed by atoms with van der Waals surface area (Å²) in [6.45, 7) is 0. The molecule has 0 aliphatic rings. The number of alkyl halides is 6. The third-order valence-corrected chi connectivity index (χ3v) is 3.28. The van der Waals surface area contributed by atoms with Crippen molar-refractivity contribution in [2.45, 2.75) is 12.4 Å². The van der Waals surface area contributed by atoms with Crippen LogP contribution in [0.3, 0.4) is 0 Å². The van der Waals surface area contributed by atoms with Crippen molar-refractivity contribution in [2.75, 3.05) is 5.32 Å². The Bertz CT molecular complexity index is 1030. The van der Waals surface area contributed by atoms with Crippen molar-refractivity contribution < 1.29 is 45.6 Å². The smallest absolute Gasteiger partial charge is 0.475 e. The lowest BCUT2D eigenvalue weighted by atomic mass is 10.2. The molecule has 0 fully saturated rings. The molecule has 0 unspecified atom stereocenters. The molecule has 0 radical (unpaired) electrons. The fourth-order valence-corrected chi connectivity index (χ4v) is 1.87. The van der Waals surface area contributed by atoms with E-state index in [0.29, 0.717) is 5.69 Å². The van der Waals surface area contributed by atoms with E-state index in [0.717, 1.165) is 23.9 Å². The van der Waals surface area contributed by atoms with Gasteiger partial charge < -0.3 is 9.63 Å². The third kappa shape index (κ3) is 6.80. The number of amides is 1. The second-order valence-electron chi connectivity index (χ2n) is 5.50. The van der Waals surface area contributed by atoms with E-state index < -0.39 is 29.9 Å². The molecular weight excluding hydrogens is 438 g/mol. The van der Waals surface area contributed by atoms with Gasteiger partial charge in [0, 0.05) is 30.2 Å². The number of anilines is 1. The fourth-order valence-electron chi connectivity index (χ4n) is 1.87. The molecule has 3 rings (SSSR count). The van der Waals surface area contributed by atoms with Crippen LogP contribution in [0.4, 0.5) is 32.2 Å². The van der Waals surface area contributed by atoms with E-state index in [-0.39, 0.29) is 11.4 Å². The fraction of sp³-hybridized carbons (Fsp3) is 0.118. The van der Waals surface area contributed by atoms with Crippen LogP contribution in [-0.2, 0) is 11.0 Å². The van der Waals surface area contributed by atoms with E-state index in [1.54, 1.807) is 24.5 Å². The minimum atomic E-state index is -5.08. The number of rotatable bonds is 3. The quantitative estimate of drug-likeness (QED) is 0.581. The number of carbonyl (C=O) groups is 2. The van der Waals surface area contributed by atoms with Crippen molar-refractivity contribution in [1.29, 1.82) is 0 Å². The molecule has 0 spiro atoms. The Morgan fingerprint density at radius 3 is 2.10 bits per heavy atom. The highest BCUT2D eigenvalue weighted by Gasteiger charge is 2.38. The molecule has 0 saturated carbocycles. The number of hydrogen-bond donors (Lipinski definition) is 2. The number of carbonyl (C=O) groups excluding carboxylic acids is 1. The predicted octanol–water partition coefficient (Wildman–Crippen LogP) is 4.04. The summed E-state index contributed by atoms with van der Waals surface area (Å²) in [5.74, 6) is -3.35. The van der Waals surface area contributed by atoms with Crippen molar-refractivity contribution >= 4 is 17.8 Å². The highest BCUT2D eigenvalue weighted by Crippen LogP contribution is 2.27. The molecular formula is C17H10F6N4O4. The van der Waals surface area contributed by atoms with E-state index in [9.17, 15) is 31.1 Å². The molecule has 164 valence electrons. The number of aromatic nitrogens is 3. The summed E-state index contributed by atoms with van der Waals surface area (Å²) in [4.78, 5) is 28.0. The molecule has 2 N–H and O–H groups in total. The molecule has 0 atom stereocenters. The van der Waals surface area contributed by atoms with Crippen LogP contribution in [0.25, 0.3) is 11.3 Å². The average molecular weight is 448 g/mol. The van der Waals surface area contributed by atoms with Crippen molar-refractivity contribution in [1.82, 2.24) is 15.1 Å². The summed E-state index contributed by atoms with van der Waals surface area (Å²) >= 11 is 0. The van der Waals surface area contributed by atoms with Gasteiger partial charge >= 0.3 is 18.3 Å². The van der Waals surface area contributed by atoms with E-state index in [1.807, 2.05) is 0 Å². The topological polar surface area (TPSA) is 118 Å². The van der Waals surface area contributed by atoms with Crippen molar-refractivity contribution in [2.24, 2.45) is 0 Å². The first-order valence-corrected chi connectivity index (χ1v) is 7.89. The number of nitrogens with zero attached hydrogens (tertiary/aromatic N) is 3. The van der Waals surface area contributed by atoms with Gasteiger partial charge in [0.2, 0.25) is 5.88 Å². The summed E-state index contributed by atoms with van der Waals surface area (Å²) in [5, 5.41) is 13.3. The van der Waals surface area contributed by atoms with Crippen LogP contribution < -0.4 is 5.32 Å². The zero-order valence-corrected chi connectivity index (χ0v) is 14.9. The number of aliphatic carboxylic acids is 1. The minimum Gasteiger partial charge on any atom is -0.475 e. The maximum absolute atomic E-state index is 12.4. The molecule has 3 aromatic rings. The van der Waals surface area contributed by atoms with Crippen molar-refractivity contribution in [3.8, 4) is 11.3 Å². The summed E-state index contributed by atoms with van der Waals surface area (Å²) in [5.41, 5.74) is 0.118. The SMILES string of the molecule is O=C(Nc1cc(-c2ccncc2)no1)c1ccc(C(F)(F)F)nc1.O=C(O)C(F)(F)F. The summed E-state index contributed by atoms with van der Waals surface area (Å²) in [6.07, 6.45) is -5.63. The van der Waals surface area contributed by atoms with E-state index in [2.05, 4.69) is 20.4 Å². The minimum absolute atomic E-state index is 0.0372. The van der Waals surface area contributed by atoms with Crippen LogP contribution >= 0.6 is 0 Å². The van der Waals surface area contributed by atoms with Crippen LogP contribution in [0.15, 0.2) is 53.4 Å². The van der Waals surface area contributed by atoms with E-state index in [4.69, 9.17) is 14.4 Å². The normalized spacial score (nSPS) is 11.3. The lowest BCUT2D eigenvalue weighted by molar-refractivity contribution is -0.192. The molecule has 3 aromatic heterocycles.